The van der Waals surface area contributed by atoms with E-state index in [2.05, 4.69) is 5.10 Å². The lowest BCUT2D eigenvalue weighted by molar-refractivity contribution is -0.112. The number of carbonyl (C=O) groups is 1. The first-order chi connectivity index (χ1) is 5.18. The summed E-state index contributed by atoms with van der Waals surface area (Å²) >= 11 is 0. The lowest BCUT2D eigenvalue weighted by Gasteiger charge is -1.81. The third kappa shape index (κ3) is 2.37. The monoisotopic (exact) mass is 150 g/mol. The van der Waals surface area contributed by atoms with Crippen LogP contribution in [-0.2, 0) is 11.8 Å². The van der Waals surface area contributed by atoms with Gasteiger partial charge in [-0.3, -0.25) is 9.48 Å². The third-order valence-electron chi connectivity index (χ3n) is 1.24. The lowest BCUT2D eigenvalue weighted by atomic mass is 10.3. The van der Waals surface area contributed by atoms with E-state index in [1.54, 1.807) is 17.0 Å². The Morgan fingerprint density at radius 3 is 2.91 bits per heavy atom. The van der Waals surface area contributed by atoms with Crippen LogP contribution in [0.4, 0.5) is 0 Å². The van der Waals surface area contributed by atoms with Gasteiger partial charge < -0.3 is 0 Å². The summed E-state index contributed by atoms with van der Waals surface area (Å²) in [6.07, 6.45) is 6.82. The summed E-state index contributed by atoms with van der Waals surface area (Å²) in [5, 5.41) is 3.95. The van der Waals surface area contributed by atoms with Crippen molar-refractivity contribution in [3.63, 3.8) is 0 Å². The maximum Gasteiger partial charge on any atom is 0.152 e. The maximum absolute atomic E-state index is 10.5. The summed E-state index contributed by atoms with van der Waals surface area (Å²) < 4.78 is 1.69. The van der Waals surface area contributed by atoms with E-state index in [0.717, 1.165) is 5.56 Å². The molecule has 0 N–H and O–H groups in total. The fraction of sp³-hybridized carbons (Fsp3) is 0.250. The van der Waals surface area contributed by atoms with Crippen LogP contribution in [0, 0.1) is 0 Å². The van der Waals surface area contributed by atoms with Gasteiger partial charge in [0.1, 0.15) is 0 Å². The summed E-state index contributed by atoms with van der Waals surface area (Å²) in [6.45, 7) is 1.52. The van der Waals surface area contributed by atoms with Crippen molar-refractivity contribution >= 4 is 11.9 Å². The molecule has 0 spiro atoms. The van der Waals surface area contributed by atoms with Gasteiger partial charge in [0.05, 0.1) is 6.20 Å². The molecule has 11 heavy (non-hydrogen) atoms. The van der Waals surface area contributed by atoms with Crippen molar-refractivity contribution in [2.45, 2.75) is 6.92 Å². The fourth-order valence-corrected chi connectivity index (χ4v) is 0.740. The average molecular weight is 150 g/mol. The van der Waals surface area contributed by atoms with Gasteiger partial charge in [-0.1, -0.05) is 0 Å². The van der Waals surface area contributed by atoms with Crippen LogP contribution in [0.5, 0.6) is 0 Å². The summed E-state index contributed by atoms with van der Waals surface area (Å²) in [5.74, 6) is 0.0499. The molecule has 0 aliphatic heterocycles. The number of ketones is 1. The number of hydrogen-bond acceptors (Lipinski definition) is 2. The molecule has 58 valence electrons. The van der Waals surface area contributed by atoms with Crippen molar-refractivity contribution in [2.24, 2.45) is 7.05 Å². The Morgan fingerprint density at radius 2 is 2.45 bits per heavy atom. The number of aromatic nitrogens is 2. The second-order valence-corrected chi connectivity index (χ2v) is 2.39. The van der Waals surface area contributed by atoms with Crippen LogP contribution >= 0.6 is 0 Å². The molecule has 0 amide bonds. The van der Waals surface area contributed by atoms with Crippen molar-refractivity contribution in [1.29, 1.82) is 0 Å². The van der Waals surface area contributed by atoms with Crippen molar-refractivity contribution in [3.8, 4) is 0 Å². The average Bonchev–Trinajstić information content (AvgIpc) is 2.31. The number of hydrogen-bond donors (Lipinski definition) is 0. The van der Waals surface area contributed by atoms with E-state index < -0.39 is 0 Å². The maximum atomic E-state index is 10.5. The summed E-state index contributed by atoms with van der Waals surface area (Å²) in [7, 11) is 1.84. The molecular formula is C8H10N2O. The molecule has 1 aromatic rings. The quantitative estimate of drug-likeness (QED) is 0.590. The van der Waals surface area contributed by atoms with Crippen molar-refractivity contribution in [1.82, 2.24) is 9.78 Å². The summed E-state index contributed by atoms with van der Waals surface area (Å²) in [4.78, 5) is 10.5. The fourth-order valence-electron chi connectivity index (χ4n) is 0.740. The lowest BCUT2D eigenvalue weighted by Crippen LogP contribution is -1.84. The Kier molecular flexibility index (Phi) is 2.21. The SMILES string of the molecule is CC(=O)C=Cc1cnn(C)c1. The highest BCUT2D eigenvalue weighted by Gasteiger charge is 1.89. The van der Waals surface area contributed by atoms with Crippen molar-refractivity contribution in [3.05, 3.63) is 24.0 Å². The molecule has 1 heterocycles. The second kappa shape index (κ2) is 3.14. The molecule has 1 aromatic heterocycles. The van der Waals surface area contributed by atoms with E-state index in [9.17, 15) is 4.79 Å². The molecular weight excluding hydrogens is 140 g/mol. The number of allylic oxidation sites excluding steroid dienone is 1. The Bertz CT molecular complexity index is 286. The van der Waals surface area contributed by atoms with Crippen LogP contribution in [0.25, 0.3) is 6.08 Å². The van der Waals surface area contributed by atoms with Crippen LogP contribution in [0.3, 0.4) is 0 Å². The molecule has 3 heteroatoms. The van der Waals surface area contributed by atoms with Crippen LogP contribution in [0.2, 0.25) is 0 Å². The zero-order valence-corrected chi connectivity index (χ0v) is 6.61. The van der Waals surface area contributed by atoms with E-state index in [1.807, 2.05) is 13.2 Å². The molecule has 0 aromatic carbocycles. The Hall–Kier alpha value is -1.38. The minimum atomic E-state index is 0.0499. The molecule has 0 bridgehead atoms. The first-order valence-electron chi connectivity index (χ1n) is 3.36. The molecule has 3 nitrogen and oxygen atoms in total. The van der Waals surface area contributed by atoms with Gasteiger partial charge in [0.25, 0.3) is 0 Å². The van der Waals surface area contributed by atoms with Gasteiger partial charge in [-0.05, 0) is 19.1 Å². The van der Waals surface area contributed by atoms with E-state index in [0.29, 0.717) is 0 Å². The van der Waals surface area contributed by atoms with E-state index >= 15 is 0 Å². The topological polar surface area (TPSA) is 34.9 Å². The van der Waals surface area contributed by atoms with Crippen molar-refractivity contribution in [2.75, 3.05) is 0 Å². The smallest absolute Gasteiger partial charge is 0.152 e. The highest BCUT2D eigenvalue weighted by molar-refractivity contribution is 5.91. The van der Waals surface area contributed by atoms with Crippen LogP contribution in [-0.4, -0.2) is 15.6 Å². The summed E-state index contributed by atoms with van der Waals surface area (Å²) in [5.41, 5.74) is 0.947. The van der Waals surface area contributed by atoms with Gasteiger partial charge in [-0.2, -0.15) is 5.10 Å². The minimum absolute atomic E-state index is 0.0499. The Labute approximate surface area is 65.3 Å². The molecule has 1 rings (SSSR count). The molecule has 0 saturated heterocycles. The number of carbonyl (C=O) groups excluding carboxylic acids is 1. The summed E-state index contributed by atoms with van der Waals surface area (Å²) in [6, 6.07) is 0. The van der Waals surface area contributed by atoms with Gasteiger partial charge in [0, 0.05) is 18.8 Å². The molecule has 0 saturated carbocycles. The van der Waals surface area contributed by atoms with Crippen molar-refractivity contribution < 1.29 is 4.79 Å². The Balaban J connectivity index is 2.71. The first-order valence-corrected chi connectivity index (χ1v) is 3.36. The van der Waals surface area contributed by atoms with Gasteiger partial charge in [-0.15, -0.1) is 0 Å². The normalized spacial score (nSPS) is 10.7. The number of nitrogens with zero attached hydrogens (tertiary/aromatic N) is 2. The molecule has 0 unspecified atom stereocenters. The highest BCUT2D eigenvalue weighted by Crippen LogP contribution is 1.98. The van der Waals surface area contributed by atoms with E-state index in [4.69, 9.17) is 0 Å². The first kappa shape index (κ1) is 7.72. The number of aryl methyl sites for hydroxylation is 1. The minimum Gasteiger partial charge on any atom is -0.295 e. The van der Waals surface area contributed by atoms with Crippen LogP contribution in [0.1, 0.15) is 12.5 Å². The highest BCUT2D eigenvalue weighted by atomic mass is 16.1. The van der Waals surface area contributed by atoms with Gasteiger partial charge in [0.2, 0.25) is 0 Å². The molecule has 0 aliphatic carbocycles. The molecule has 0 aliphatic rings. The zero-order valence-electron chi connectivity index (χ0n) is 6.61. The largest absolute Gasteiger partial charge is 0.295 e. The van der Waals surface area contributed by atoms with Gasteiger partial charge in [0.15, 0.2) is 5.78 Å². The Morgan fingerprint density at radius 1 is 1.73 bits per heavy atom. The number of rotatable bonds is 2. The van der Waals surface area contributed by atoms with Gasteiger partial charge >= 0.3 is 0 Å². The van der Waals surface area contributed by atoms with E-state index in [1.165, 1.54) is 13.0 Å². The second-order valence-electron chi connectivity index (χ2n) is 2.39. The molecule has 0 atom stereocenters. The zero-order chi connectivity index (χ0) is 8.27. The predicted molar refractivity (Wildman–Crippen MR) is 42.9 cm³/mol. The predicted octanol–water partition coefficient (Wildman–Crippen LogP) is 1.02. The molecule has 0 radical (unpaired) electrons. The van der Waals surface area contributed by atoms with Crippen LogP contribution in [0.15, 0.2) is 18.5 Å². The standard InChI is InChI=1S/C8H10N2O/c1-7(11)3-4-8-5-9-10(2)6-8/h3-6H,1-2H3. The third-order valence-corrected chi connectivity index (χ3v) is 1.24. The van der Waals surface area contributed by atoms with Gasteiger partial charge in [-0.25, -0.2) is 0 Å². The van der Waals surface area contributed by atoms with Crippen LogP contribution < -0.4 is 0 Å². The molecule has 0 fully saturated rings. The van der Waals surface area contributed by atoms with E-state index in [-0.39, 0.29) is 5.78 Å².